The average Bonchev–Trinajstić information content (AvgIpc) is 3.34. The lowest BCUT2D eigenvalue weighted by Gasteiger charge is -2.32. The number of methoxy groups -OCH3 is 1. The summed E-state index contributed by atoms with van der Waals surface area (Å²) in [4.78, 5) is 39.9. The molecule has 31 heavy (non-hydrogen) atoms. The zero-order chi connectivity index (χ0) is 22.0. The van der Waals surface area contributed by atoms with Crippen LogP contribution in [-0.4, -0.2) is 47.0 Å². The summed E-state index contributed by atoms with van der Waals surface area (Å²) in [6.07, 6.45) is 1.29. The maximum Gasteiger partial charge on any atom is 0.311 e. The minimum atomic E-state index is -1.02. The van der Waals surface area contributed by atoms with Crippen LogP contribution in [0.1, 0.15) is 30.0 Å². The number of fused-ring (bicyclic) bond motifs is 2. The summed E-state index contributed by atoms with van der Waals surface area (Å²) in [5.74, 6) is -3.43. The normalized spacial score (nSPS) is 25.7. The molecule has 1 amide bonds. The SMILES string of the molecule is COC(=O)[C@H]1[C@H](C(=O)O)[C@@H]2CC[C@H]1N2C(C(=O)NCc1ccccc1)c1ccccc1. The molecule has 0 aliphatic carbocycles. The van der Waals surface area contributed by atoms with Crippen LogP contribution in [0, 0.1) is 11.8 Å². The minimum Gasteiger partial charge on any atom is -0.481 e. The Bertz CT molecular complexity index is 949. The maximum atomic E-state index is 13.4. The molecule has 2 N–H and O–H groups in total. The first kappa shape index (κ1) is 21.1. The second-order valence-corrected chi connectivity index (χ2v) is 8.09. The van der Waals surface area contributed by atoms with Crippen molar-refractivity contribution in [3.05, 3.63) is 71.8 Å². The van der Waals surface area contributed by atoms with Crippen molar-refractivity contribution in [2.24, 2.45) is 11.8 Å². The first-order valence-electron chi connectivity index (χ1n) is 10.5. The fourth-order valence-electron chi connectivity index (χ4n) is 5.21. The molecule has 2 heterocycles. The summed E-state index contributed by atoms with van der Waals surface area (Å²) in [7, 11) is 1.28. The van der Waals surface area contributed by atoms with Gasteiger partial charge in [0, 0.05) is 18.6 Å². The zero-order valence-corrected chi connectivity index (χ0v) is 17.3. The number of aliphatic carboxylic acids is 1. The Balaban J connectivity index is 1.66. The van der Waals surface area contributed by atoms with E-state index in [-0.39, 0.29) is 11.9 Å². The average molecular weight is 422 g/mol. The number of carbonyl (C=O) groups is 3. The third-order valence-electron chi connectivity index (χ3n) is 6.47. The lowest BCUT2D eigenvalue weighted by molar-refractivity contribution is -0.156. The molecule has 4 rings (SSSR count). The molecule has 1 unspecified atom stereocenters. The van der Waals surface area contributed by atoms with Crippen LogP contribution in [0.4, 0.5) is 0 Å². The standard InChI is InChI=1S/C24H26N2O5/c1-31-24(30)20-18-13-12-17(19(20)23(28)29)26(18)21(16-10-6-3-7-11-16)22(27)25-14-15-8-4-2-5-9-15/h2-11,17-21H,12-14H2,1H3,(H,25,27)(H,28,29)/t17-,18+,19+,20+,21?/m0/s1. The van der Waals surface area contributed by atoms with Crippen molar-refractivity contribution in [2.75, 3.05) is 7.11 Å². The van der Waals surface area contributed by atoms with E-state index in [9.17, 15) is 19.5 Å². The maximum absolute atomic E-state index is 13.4. The van der Waals surface area contributed by atoms with Crippen molar-refractivity contribution >= 4 is 17.8 Å². The molecule has 2 aromatic rings. The molecule has 0 radical (unpaired) electrons. The van der Waals surface area contributed by atoms with Crippen LogP contribution < -0.4 is 5.32 Å². The molecule has 0 aromatic heterocycles. The van der Waals surface area contributed by atoms with Gasteiger partial charge in [-0.25, -0.2) is 0 Å². The number of carbonyl (C=O) groups excluding carboxylic acids is 2. The highest BCUT2D eigenvalue weighted by Gasteiger charge is 2.61. The van der Waals surface area contributed by atoms with Crippen LogP contribution in [0.2, 0.25) is 0 Å². The van der Waals surface area contributed by atoms with Gasteiger partial charge in [0.1, 0.15) is 6.04 Å². The molecule has 2 aliphatic heterocycles. The number of carboxylic acid groups (broad SMARTS) is 1. The van der Waals surface area contributed by atoms with Crippen LogP contribution in [0.3, 0.4) is 0 Å². The smallest absolute Gasteiger partial charge is 0.311 e. The van der Waals surface area contributed by atoms with Crippen LogP contribution in [0.25, 0.3) is 0 Å². The summed E-state index contributed by atoms with van der Waals surface area (Å²) >= 11 is 0. The number of rotatable bonds is 7. The number of benzene rings is 2. The number of nitrogens with zero attached hydrogens (tertiary/aromatic N) is 1. The Morgan fingerprint density at radius 1 is 1.00 bits per heavy atom. The Morgan fingerprint density at radius 2 is 1.58 bits per heavy atom. The predicted molar refractivity (Wildman–Crippen MR) is 113 cm³/mol. The molecule has 2 aliphatic rings. The highest BCUT2D eigenvalue weighted by Crippen LogP contribution is 2.50. The summed E-state index contributed by atoms with van der Waals surface area (Å²) < 4.78 is 4.94. The molecule has 0 saturated carbocycles. The van der Waals surface area contributed by atoms with Gasteiger partial charge in [-0.15, -0.1) is 0 Å². The van der Waals surface area contributed by atoms with E-state index in [1.807, 2.05) is 65.6 Å². The lowest BCUT2D eigenvalue weighted by atomic mass is 9.79. The Hall–Kier alpha value is -3.19. The fourth-order valence-corrected chi connectivity index (χ4v) is 5.21. The van der Waals surface area contributed by atoms with Crippen molar-refractivity contribution in [1.82, 2.24) is 10.2 Å². The third-order valence-corrected chi connectivity index (χ3v) is 6.47. The second-order valence-electron chi connectivity index (χ2n) is 8.09. The number of hydrogen-bond donors (Lipinski definition) is 2. The zero-order valence-electron chi connectivity index (χ0n) is 17.3. The van der Waals surface area contributed by atoms with Gasteiger partial charge in [0.15, 0.2) is 0 Å². The van der Waals surface area contributed by atoms with Gasteiger partial charge in [-0.1, -0.05) is 60.7 Å². The molecule has 0 spiro atoms. The van der Waals surface area contributed by atoms with E-state index in [1.54, 1.807) is 0 Å². The number of hydrogen-bond acceptors (Lipinski definition) is 5. The van der Waals surface area contributed by atoms with Crippen molar-refractivity contribution in [3.8, 4) is 0 Å². The summed E-state index contributed by atoms with van der Waals surface area (Å²) in [6, 6.07) is 17.5. The number of amides is 1. The lowest BCUT2D eigenvalue weighted by Crippen LogP contribution is -2.44. The van der Waals surface area contributed by atoms with Gasteiger partial charge in [0.25, 0.3) is 0 Å². The number of ether oxygens (including phenoxy) is 1. The van der Waals surface area contributed by atoms with E-state index >= 15 is 0 Å². The highest BCUT2D eigenvalue weighted by molar-refractivity contribution is 5.86. The number of nitrogens with one attached hydrogen (secondary N) is 1. The molecule has 2 bridgehead atoms. The van der Waals surface area contributed by atoms with E-state index in [0.29, 0.717) is 19.4 Å². The molecular formula is C24H26N2O5. The summed E-state index contributed by atoms with van der Waals surface area (Å²) in [5.41, 5.74) is 1.75. The van der Waals surface area contributed by atoms with Crippen molar-refractivity contribution in [3.63, 3.8) is 0 Å². The van der Waals surface area contributed by atoms with Gasteiger partial charge in [-0.05, 0) is 24.0 Å². The van der Waals surface area contributed by atoms with Crippen molar-refractivity contribution in [1.29, 1.82) is 0 Å². The van der Waals surface area contributed by atoms with Crippen molar-refractivity contribution in [2.45, 2.75) is 37.5 Å². The molecule has 7 heteroatoms. The minimum absolute atomic E-state index is 0.207. The van der Waals surface area contributed by atoms with E-state index in [1.165, 1.54) is 7.11 Å². The molecule has 2 fully saturated rings. The van der Waals surface area contributed by atoms with Gasteiger partial charge in [0.2, 0.25) is 5.91 Å². The van der Waals surface area contributed by atoms with E-state index < -0.39 is 35.9 Å². The first-order valence-corrected chi connectivity index (χ1v) is 10.5. The highest BCUT2D eigenvalue weighted by atomic mass is 16.5. The van der Waals surface area contributed by atoms with Gasteiger partial charge in [-0.3, -0.25) is 19.3 Å². The number of carboxylic acids is 1. The Kier molecular flexibility index (Phi) is 6.04. The molecular weight excluding hydrogens is 396 g/mol. The fraction of sp³-hybridized carbons (Fsp3) is 0.375. The van der Waals surface area contributed by atoms with E-state index in [2.05, 4.69) is 5.32 Å². The molecule has 162 valence electrons. The second kappa shape index (κ2) is 8.89. The predicted octanol–water partition coefficient (Wildman–Crippen LogP) is 2.38. The summed E-state index contributed by atoms with van der Waals surface area (Å²) in [6.45, 7) is 0.370. The Morgan fingerprint density at radius 3 is 2.16 bits per heavy atom. The molecule has 5 atom stereocenters. The molecule has 7 nitrogen and oxygen atoms in total. The van der Waals surface area contributed by atoms with Gasteiger partial charge >= 0.3 is 11.9 Å². The summed E-state index contributed by atoms with van der Waals surface area (Å²) in [5, 5.41) is 12.9. The monoisotopic (exact) mass is 422 g/mol. The topological polar surface area (TPSA) is 95.9 Å². The molecule has 2 aromatic carbocycles. The van der Waals surface area contributed by atoms with Gasteiger partial charge < -0.3 is 15.2 Å². The van der Waals surface area contributed by atoms with E-state index in [0.717, 1.165) is 11.1 Å². The van der Waals surface area contributed by atoms with Crippen LogP contribution in [0.5, 0.6) is 0 Å². The van der Waals surface area contributed by atoms with E-state index in [4.69, 9.17) is 4.74 Å². The first-order chi connectivity index (χ1) is 15.0. The molecule has 2 saturated heterocycles. The third kappa shape index (κ3) is 3.93. The van der Waals surface area contributed by atoms with Crippen LogP contribution in [-0.2, 0) is 25.7 Å². The quantitative estimate of drug-likeness (QED) is 0.665. The van der Waals surface area contributed by atoms with Gasteiger partial charge in [0.05, 0.1) is 18.9 Å². The van der Waals surface area contributed by atoms with Crippen molar-refractivity contribution < 1.29 is 24.2 Å². The number of esters is 1. The van der Waals surface area contributed by atoms with Crippen LogP contribution >= 0.6 is 0 Å². The largest absolute Gasteiger partial charge is 0.481 e. The van der Waals surface area contributed by atoms with Crippen LogP contribution in [0.15, 0.2) is 60.7 Å². The van der Waals surface area contributed by atoms with Gasteiger partial charge in [-0.2, -0.15) is 0 Å². The Labute approximate surface area is 181 Å².